The number of hydrogen-bond acceptors (Lipinski definition) is 4. The number of hydrogen-bond donors (Lipinski definition) is 2. The van der Waals surface area contributed by atoms with Crippen molar-refractivity contribution in [3.63, 3.8) is 0 Å². The van der Waals surface area contributed by atoms with Gasteiger partial charge >= 0.3 is 0 Å². The molecule has 0 saturated heterocycles. The van der Waals surface area contributed by atoms with Crippen LogP contribution in [0, 0.1) is 0 Å². The van der Waals surface area contributed by atoms with Crippen molar-refractivity contribution in [2.45, 2.75) is 0 Å². The van der Waals surface area contributed by atoms with E-state index in [-0.39, 0.29) is 32.7 Å². The van der Waals surface area contributed by atoms with Crippen LogP contribution in [0.3, 0.4) is 0 Å². The lowest BCUT2D eigenvalue weighted by atomic mass is 10.2. The maximum Gasteiger partial charge on any atom is 0.153 e. The molecule has 0 aromatic heterocycles. The van der Waals surface area contributed by atoms with Gasteiger partial charge in [0.05, 0.1) is 21.2 Å². The van der Waals surface area contributed by atoms with Gasteiger partial charge in [0.25, 0.3) is 0 Å². The van der Waals surface area contributed by atoms with Crippen molar-refractivity contribution in [1.29, 1.82) is 0 Å². The molecule has 2 aromatic rings. The molecule has 2 rings (SSSR count). The lowest BCUT2D eigenvalue weighted by molar-refractivity contribution is 0.111. The highest BCUT2D eigenvalue weighted by Crippen LogP contribution is 2.30. The Hall–Kier alpha value is -1.46. The number of rotatable bonds is 2. The summed E-state index contributed by atoms with van der Waals surface area (Å²) in [5, 5.41) is 19.0. The number of benzene rings is 2. The number of phenols is 2. The fourth-order valence-corrected chi connectivity index (χ4v) is 2.37. The van der Waals surface area contributed by atoms with E-state index in [2.05, 4.69) is 0 Å². The van der Waals surface area contributed by atoms with Crippen molar-refractivity contribution in [1.82, 2.24) is 0 Å². The molecule has 0 aliphatic carbocycles. The Morgan fingerprint density at radius 1 is 0.682 bits per heavy atom. The highest BCUT2D eigenvalue weighted by Gasteiger charge is 2.06. The van der Waals surface area contributed by atoms with E-state index in [0.29, 0.717) is 22.6 Å². The summed E-state index contributed by atoms with van der Waals surface area (Å²) in [7, 11) is 0. The summed E-state index contributed by atoms with van der Waals surface area (Å²) in [4.78, 5) is 20.5. The van der Waals surface area contributed by atoms with Crippen molar-refractivity contribution in [2.24, 2.45) is 0 Å². The van der Waals surface area contributed by atoms with Crippen molar-refractivity contribution < 1.29 is 19.8 Å². The lowest BCUT2D eigenvalue weighted by Gasteiger charge is -1.99. The predicted molar refractivity (Wildman–Crippen MR) is 87.0 cm³/mol. The zero-order valence-corrected chi connectivity index (χ0v) is 13.7. The molecule has 0 aliphatic rings. The second-order valence-corrected chi connectivity index (χ2v) is 5.57. The lowest BCUT2D eigenvalue weighted by Crippen LogP contribution is -1.81. The van der Waals surface area contributed by atoms with E-state index in [1.807, 2.05) is 0 Å². The minimum absolute atomic E-state index is 0.0830. The molecule has 22 heavy (non-hydrogen) atoms. The number of aldehydes is 2. The third-order valence-electron chi connectivity index (χ3n) is 2.37. The molecule has 0 fully saturated rings. The van der Waals surface area contributed by atoms with Crippen molar-refractivity contribution >= 4 is 59.0 Å². The first-order valence-electron chi connectivity index (χ1n) is 5.56. The summed E-state index contributed by atoms with van der Waals surface area (Å²) in [6.45, 7) is 0. The Morgan fingerprint density at radius 2 is 1.00 bits per heavy atom. The number of phenolic OH excluding ortho intramolecular Hbond substituents is 2. The molecule has 0 unspecified atom stereocenters. The summed E-state index contributed by atoms with van der Waals surface area (Å²) in [5.74, 6) is -0.461. The molecule has 8 heteroatoms. The van der Waals surface area contributed by atoms with Crippen molar-refractivity contribution in [3.8, 4) is 11.5 Å². The molecule has 0 aliphatic heterocycles. The van der Waals surface area contributed by atoms with Crippen LogP contribution in [0.5, 0.6) is 11.5 Å². The first-order chi connectivity index (χ1) is 10.3. The highest BCUT2D eigenvalue weighted by molar-refractivity contribution is 6.36. The van der Waals surface area contributed by atoms with Crippen molar-refractivity contribution in [3.05, 3.63) is 55.5 Å². The van der Waals surface area contributed by atoms with Crippen LogP contribution in [0.25, 0.3) is 0 Å². The molecular weight excluding hydrogens is 374 g/mol. The first kappa shape index (κ1) is 18.6. The van der Waals surface area contributed by atoms with Gasteiger partial charge in [-0.15, -0.1) is 0 Å². The van der Waals surface area contributed by atoms with E-state index in [9.17, 15) is 9.59 Å². The summed E-state index contributed by atoms with van der Waals surface area (Å²) in [6.07, 6.45) is 0.986. The van der Waals surface area contributed by atoms with Crippen LogP contribution >= 0.6 is 46.4 Å². The molecule has 0 heterocycles. The molecule has 116 valence electrons. The molecule has 4 nitrogen and oxygen atoms in total. The maximum atomic E-state index is 10.3. The Morgan fingerprint density at radius 3 is 1.27 bits per heavy atom. The number of carbonyl (C=O) groups excluding carboxylic acids is 2. The minimum Gasteiger partial charge on any atom is -0.506 e. The van der Waals surface area contributed by atoms with Crippen LogP contribution in [-0.2, 0) is 0 Å². The van der Waals surface area contributed by atoms with E-state index in [1.165, 1.54) is 24.3 Å². The average Bonchev–Trinajstić information content (AvgIpc) is 2.47. The third kappa shape index (κ3) is 4.78. The van der Waals surface area contributed by atoms with Gasteiger partial charge in [0.15, 0.2) is 12.6 Å². The van der Waals surface area contributed by atoms with Gasteiger partial charge in [-0.25, -0.2) is 0 Å². The molecule has 0 amide bonds. The van der Waals surface area contributed by atoms with E-state index < -0.39 is 0 Å². The van der Waals surface area contributed by atoms with Crippen LogP contribution in [0.2, 0.25) is 20.1 Å². The topological polar surface area (TPSA) is 74.6 Å². The van der Waals surface area contributed by atoms with Gasteiger partial charge in [-0.05, 0) is 24.3 Å². The molecular formula is C14H8Cl4O4. The predicted octanol–water partition coefficient (Wildman–Crippen LogP) is 5.02. The fourth-order valence-electron chi connectivity index (χ4n) is 1.35. The van der Waals surface area contributed by atoms with Crippen LogP contribution in [0.1, 0.15) is 20.7 Å². The maximum absolute atomic E-state index is 10.3. The minimum atomic E-state index is -0.230. The number of carbonyl (C=O) groups is 2. The second-order valence-electron chi connectivity index (χ2n) is 3.89. The smallest absolute Gasteiger partial charge is 0.153 e. The molecule has 2 aromatic carbocycles. The van der Waals surface area contributed by atoms with Crippen LogP contribution in [-0.4, -0.2) is 22.8 Å². The van der Waals surface area contributed by atoms with Gasteiger partial charge in [0, 0.05) is 10.0 Å². The van der Waals surface area contributed by atoms with Crippen LogP contribution in [0.15, 0.2) is 24.3 Å². The van der Waals surface area contributed by atoms with Gasteiger partial charge in [-0.1, -0.05) is 46.4 Å². The largest absolute Gasteiger partial charge is 0.506 e. The Balaban J connectivity index is 0.000000220. The fraction of sp³-hybridized carbons (Fsp3) is 0. The van der Waals surface area contributed by atoms with Gasteiger partial charge in [-0.3, -0.25) is 9.59 Å². The zero-order chi connectivity index (χ0) is 16.9. The molecule has 0 atom stereocenters. The molecule has 0 spiro atoms. The molecule has 2 N–H and O–H groups in total. The van der Waals surface area contributed by atoms with E-state index in [1.54, 1.807) is 0 Å². The van der Waals surface area contributed by atoms with E-state index in [0.717, 1.165) is 0 Å². The number of halogens is 4. The van der Waals surface area contributed by atoms with Crippen LogP contribution in [0.4, 0.5) is 0 Å². The Bertz CT molecular complexity index is 655. The summed E-state index contributed by atoms with van der Waals surface area (Å²) < 4.78 is 0. The van der Waals surface area contributed by atoms with Crippen LogP contribution < -0.4 is 0 Å². The second kappa shape index (κ2) is 8.25. The van der Waals surface area contributed by atoms with Gasteiger partial charge in [0.2, 0.25) is 0 Å². The standard InChI is InChI=1S/2C7H4Cl2O2/c2*8-5-1-4(3-10)7(11)6(9)2-5/h2*1-3,11H. The van der Waals surface area contributed by atoms with Gasteiger partial charge in [0.1, 0.15) is 11.5 Å². The SMILES string of the molecule is O=Cc1cc(Cl)cc(Cl)c1O.O=Cc1cc(Cl)cc(Cl)c1O. The normalized spacial score (nSPS) is 9.64. The summed E-state index contributed by atoms with van der Waals surface area (Å²) in [6, 6.07) is 5.42. The van der Waals surface area contributed by atoms with E-state index in [4.69, 9.17) is 56.6 Å². The molecule has 0 radical (unpaired) electrons. The van der Waals surface area contributed by atoms with Crippen molar-refractivity contribution in [2.75, 3.05) is 0 Å². The summed E-state index contributed by atoms with van der Waals surface area (Å²) in [5.41, 5.74) is 0.199. The highest BCUT2D eigenvalue weighted by atomic mass is 35.5. The van der Waals surface area contributed by atoms with Gasteiger partial charge < -0.3 is 10.2 Å². The molecule has 0 saturated carbocycles. The zero-order valence-electron chi connectivity index (χ0n) is 10.7. The Kier molecular flexibility index (Phi) is 6.97. The number of aromatic hydroxyl groups is 2. The first-order valence-corrected chi connectivity index (χ1v) is 7.07. The average molecular weight is 382 g/mol. The van der Waals surface area contributed by atoms with Gasteiger partial charge in [-0.2, -0.15) is 0 Å². The summed E-state index contributed by atoms with van der Waals surface area (Å²) >= 11 is 22.1. The monoisotopic (exact) mass is 380 g/mol. The Labute approximate surface area is 145 Å². The third-order valence-corrected chi connectivity index (χ3v) is 3.38. The van der Waals surface area contributed by atoms with E-state index >= 15 is 0 Å². The molecule has 0 bridgehead atoms. The quantitative estimate of drug-likeness (QED) is 0.716.